The molecule has 0 aliphatic heterocycles. The van der Waals surface area contributed by atoms with Crippen molar-refractivity contribution in [2.24, 2.45) is 10.9 Å². The third-order valence-electron chi connectivity index (χ3n) is 1.94. The zero-order chi connectivity index (χ0) is 12.2. The molecule has 0 saturated carbocycles. The molecule has 0 rings (SSSR count). The fourth-order valence-electron chi connectivity index (χ4n) is 1.12. The lowest BCUT2D eigenvalue weighted by Gasteiger charge is -2.05. The summed E-state index contributed by atoms with van der Waals surface area (Å²) in [5.41, 5.74) is 6.37. The molecular formula is C11H23N3O2. The van der Waals surface area contributed by atoms with Crippen LogP contribution in [-0.4, -0.2) is 37.3 Å². The molecule has 0 amide bonds. The van der Waals surface area contributed by atoms with E-state index in [1.807, 2.05) is 6.92 Å². The van der Waals surface area contributed by atoms with Gasteiger partial charge in [0.25, 0.3) is 0 Å². The number of hydrogen-bond acceptors (Lipinski definition) is 4. The van der Waals surface area contributed by atoms with E-state index in [0.29, 0.717) is 25.5 Å². The van der Waals surface area contributed by atoms with E-state index < -0.39 is 0 Å². The third-order valence-corrected chi connectivity index (χ3v) is 1.94. The van der Waals surface area contributed by atoms with Crippen LogP contribution >= 0.6 is 0 Å². The van der Waals surface area contributed by atoms with E-state index in [1.54, 1.807) is 0 Å². The first-order chi connectivity index (χ1) is 7.66. The van der Waals surface area contributed by atoms with Gasteiger partial charge in [0.2, 0.25) is 0 Å². The van der Waals surface area contributed by atoms with Crippen LogP contribution in [0.3, 0.4) is 0 Å². The minimum atomic E-state index is 0.296. The summed E-state index contributed by atoms with van der Waals surface area (Å²) in [5.74, 6) is 0.296. The monoisotopic (exact) mass is 229 g/mol. The van der Waals surface area contributed by atoms with E-state index in [-0.39, 0.29) is 0 Å². The van der Waals surface area contributed by atoms with Gasteiger partial charge in [0.15, 0.2) is 0 Å². The number of hydrogen-bond donors (Lipinski definition) is 3. The fourth-order valence-corrected chi connectivity index (χ4v) is 1.12. The van der Waals surface area contributed by atoms with Crippen LogP contribution in [0.2, 0.25) is 0 Å². The van der Waals surface area contributed by atoms with Gasteiger partial charge in [-0.25, -0.2) is 0 Å². The van der Waals surface area contributed by atoms with Crippen LogP contribution in [0.25, 0.3) is 0 Å². The maximum Gasteiger partial charge on any atom is 0.139 e. The lowest BCUT2D eigenvalue weighted by molar-refractivity contribution is 0.158. The van der Waals surface area contributed by atoms with Crippen LogP contribution in [-0.2, 0) is 4.74 Å². The van der Waals surface area contributed by atoms with Gasteiger partial charge >= 0.3 is 0 Å². The van der Waals surface area contributed by atoms with Crippen molar-refractivity contribution in [1.82, 2.24) is 5.32 Å². The second-order valence-electron chi connectivity index (χ2n) is 3.81. The summed E-state index contributed by atoms with van der Waals surface area (Å²) in [4.78, 5) is 0. The molecule has 5 heteroatoms. The summed E-state index contributed by atoms with van der Waals surface area (Å²) in [5, 5.41) is 14.5. The molecular weight excluding hydrogens is 206 g/mol. The van der Waals surface area contributed by atoms with E-state index in [0.717, 1.165) is 31.5 Å². The SMILES string of the molecule is C=C(C)COCCNCCCCC(N)=NO. The molecule has 0 unspecified atom stereocenters. The number of nitrogens with zero attached hydrogens (tertiary/aromatic N) is 1. The molecule has 0 atom stereocenters. The van der Waals surface area contributed by atoms with Crippen molar-refractivity contribution in [3.63, 3.8) is 0 Å². The Hall–Kier alpha value is -1.07. The quantitative estimate of drug-likeness (QED) is 0.131. The highest BCUT2D eigenvalue weighted by atomic mass is 16.5. The first-order valence-corrected chi connectivity index (χ1v) is 5.56. The summed E-state index contributed by atoms with van der Waals surface area (Å²) in [6.45, 7) is 8.80. The molecule has 0 aliphatic carbocycles. The standard InChI is InChI=1S/C11H23N3O2/c1-10(2)9-16-8-7-13-6-4-3-5-11(12)14-15/h13,15H,1,3-9H2,2H3,(H2,12,14). The second-order valence-corrected chi connectivity index (χ2v) is 3.81. The predicted octanol–water partition coefficient (Wildman–Crippen LogP) is 1.09. The molecule has 16 heavy (non-hydrogen) atoms. The summed E-state index contributed by atoms with van der Waals surface area (Å²) in [6, 6.07) is 0. The first kappa shape index (κ1) is 14.9. The van der Waals surface area contributed by atoms with Gasteiger partial charge in [0.1, 0.15) is 5.84 Å². The molecule has 5 nitrogen and oxygen atoms in total. The molecule has 0 aromatic rings. The highest BCUT2D eigenvalue weighted by molar-refractivity contribution is 5.79. The van der Waals surface area contributed by atoms with E-state index >= 15 is 0 Å². The molecule has 0 heterocycles. The van der Waals surface area contributed by atoms with E-state index in [4.69, 9.17) is 15.7 Å². The summed E-state index contributed by atoms with van der Waals surface area (Å²) in [7, 11) is 0. The molecule has 0 spiro atoms. The fraction of sp³-hybridized carbons (Fsp3) is 0.727. The Kier molecular flexibility index (Phi) is 9.75. The minimum absolute atomic E-state index is 0.296. The number of ether oxygens (including phenoxy) is 1. The predicted molar refractivity (Wildman–Crippen MR) is 65.8 cm³/mol. The Labute approximate surface area is 97.3 Å². The zero-order valence-corrected chi connectivity index (χ0v) is 10.0. The van der Waals surface area contributed by atoms with Gasteiger partial charge < -0.3 is 21.0 Å². The number of rotatable bonds is 10. The van der Waals surface area contributed by atoms with Crippen molar-refractivity contribution in [3.05, 3.63) is 12.2 Å². The van der Waals surface area contributed by atoms with Crippen LogP contribution in [0, 0.1) is 0 Å². The van der Waals surface area contributed by atoms with Gasteiger partial charge in [-0.15, -0.1) is 0 Å². The highest BCUT2D eigenvalue weighted by Crippen LogP contribution is 1.93. The van der Waals surface area contributed by atoms with Crippen LogP contribution in [0.15, 0.2) is 17.3 Å². The third kappa shape index (κ3) is 11.0. The number of oxime groups is 1. The van der Waals surface area contributed by atoms with Crippen molar-refractivity contribution >= 4 is 5.84 Å². The zero-order valence-electron chi connectivity index (χ0n) is 10.0. The normalized spacial score (nSPS) is 11.7. The Balaban J connectivity index is 3.07. The topological polar surface area (TPSA) is 79.9 Å². The highest BCUT2D eigenvalue weighted by Gasteiger charge is 1.94. The number of unbranched alkanes of at least 4 members (excludes halogenated alkanes) is 1. The molecule has 0 fully saturated rings. The van der Waals surface area contributed by atoms with Crippen molar-refractivity contribution < 1.29 is 9.94 Å². The van der Waals surface area contributed by atoms with Crippen molar-refractivity contribution in [1.29, 1.82) is 0 Å². The largest absolute Gasteiger partial charge is 0.409 e. The summed E-state index contributed by atoms with van der Waals surface area (Å²) >= 11 is 0. The molecule has 94 valence electrons. The van der Waals surface area contributed by atoms with Gasteiger partial charge in [-0.05, 0) is 26.3 Å². The van der Waals surface area contributed by atoms with Gasteiger partial charge in [-0.1, -0.05) is 17.3 Å². The number of nitrogens with two attached hydrogens (primary N) is 1. The van der Waals surface area contributed by atoms with Gasteiger partial charge in [0, 0.05) is 13.0 Å². The average molecular weight is 229 g/mol. The van der Waals surface area contributed by atoms with E-state index in [9.17, 15) is 0 Å². The molecule has 0 aliphatic rings. The van der Waals surface area contributed by atoms with Crippen molar-refractivity contribution in [2.45, 2.75) is 26.2 Å². The lowest BCUT2D eigenvalue weighted by atomic mass is 10.2. The number of amidine groups is 1. The molecule has 0 saturated heterocycles. The maximum absolute atomic E-state index is 8.30. The van der Waals surface area contributed by atoms with Crippen molar-refractivity contribution in [2.75, 3.05) is 26.3 Å². The van der Waals surface area contributed by atoms with Crippen molar-refractivity contribution in [3.8, 4) is 0 Å². The molecule has 0 aromatic carbocycles. The molecule has 4 N–H and O–H groups in total. The second kappa shape index (κ2) is 10.4. The average Bonchev–Trinajstić information content (AvgIpc) is 2.26. The molecule has 0 radical (unpaired) electrons. The Morgan fingerprint density at radius 2 is 2.19 bits per heavy atom. The first-order valence-electron chi connectivity index (χ1n) is 5.56. The molecule has 0 bridgehead atoms. The van der Waals surface area contributed by atoms with E-state index in [1.165, 1.54) is 0 Å². The Morgan fingerprint density at radius 3 is 2.81 bits per heavy atom. The Morgan fingerprint density at radius 1 is 1.44 bits per heavy atom. The van der Waals surface area contributed by atoms with Crippen LogP contribution < -0.4 is 11.1 Å². The minimum Gasteiger partial charge on any atom is -0.409 e. The smallest absolute Gasteiger partial charge is 0.139 e. The van der Waals surface area contributed by atoms with Crippen LogP contribution in [0.4, 0.5) is 0 Å². The van der Waals surface area contributed by atoms with Crippen LogP contribution in [0.1, 0.15) is 26.2 Å². The summed E-state index contributed by atoms with van der Waals surface area (Å²) in [6.07, 6.45) is 2.58. The van der Waals surface area contributed by atoms with Gasteiger partial charge in [-0.3, -0.25) is 0 Å². The summed E-state index contributed by atoms with van der Waals surface area (Å²) < 4.78 is 5.32. The maximum atomic E-state index is 8.30. The van der Waals surface area contributed by atoms with Gasteiger partial charge in [-0.2, -0.15) is 0 Å². The lowest BCUT2D eigenvalue weighted by Crippen LogP contribution is -2.21. The number of nitrogens with one attached hydrogen (secondary N) is 1. The van der Waals surface area contributed by atoms with Crippen LogP contribution in [0.5, 0.6) is 0 Å². The molecule has 0 aromatic heterocycles. The Bertz CT molecular complexity index is 217. The van der Waals surface area contributed by atoms with Gasteiger partial charge in [0.05, 0.1) is 13.2 Å². The van der Waals surface area contributed by atoms with E-state index in [2.05, 4.69) is 17.1 Å².